The number of aryl methyl sites for hydroxylation is 1. The molecule has 0 aliphatic rings. The lowest BCUT2D eigenvalue weighted by atomic mass is 10.3. The Morgan fingerprint density at radius 3 is 2.44 bits per heavy atom. The molecule has 0 bridgehead atoms. The number of anilines is 1. The molecule has 5 nitrogen and oxygen atoms in total. The summed E-state index contributed by atoms with van der Waals surface area (Å²) >= 11 is 3.31. The van der Waals surface area contributed by atoms with Crippen molar-refractivity contribution in [3.05, 3.63) is 70.2 Å². The molecule has 3 rings (SSSR count). The number of nitrogens with one attached hydrogen (secondary N) is 1. The van der Waals surface area contributed by atoms with Crippen molar-refractivity contribution in [3.63, 3.8) is 0 Å². The maximum atomic E-state index is 13.1. The maximum Gasteiger partial charge on any atom is 0.265 e. The largest absolute Gasteiger partial charge is 0.279 e. The molecule has 0 atom stereocenters. The number of halogens is 2. The zero-order valence-electron chi connectivity index (χ0n) is 13.5. The third-order valence-corrected chi connectivity index (χ3v) is 5.77. The molecular formula is C17H15BrFN3O2S. The summed E-state index contributed by atoms with van der Waals surface area (Å²) in [5, 5.41) is 4.30. The van der Waals surface area contributed by atoms with Gasteiger partial charge in [-0.15, -0.1) is 0 Å². The number of aromatic nitrogens is 2. The number of hydrogen-bond acceptors (Lipinski definition) is 3. The van der Waals surface area contributed by atoms with Crippen molar-refractivity contribution in [2.45, 2.75) is 18.7 Å². The Kier molecular flexibility index (Phi) is 4.66. The van der Waals surface area contributed by atoms with Crippen LogP contribution in [0, 0.1) is 19.7 Å². The number of benzene rings is 2. The molecule has 0 fully saturated rings. The van der Waals surface area contributed by atoms with E-state index >= 15 is 0 Å². The molecule has 3 aromatic rings. The summed E-state index contributed by atoms with van der Waals surface area (Å²) in [6.07, 6.45) is 0. The van der Waals surface area contributed by atoms with Gasteiger partial charge >= 0.3 is 0 Å². The van der Waals surface area contributed by atoms with E-state index < -0.39 is 10.0 Å². The van der Waals surface area contributed by atoms with Crippen LogP contribution in [0.2, 0.25) is 0 Å². The van der Waals surface area contributed by atoms with Crippen molar-refractivity contribution < 1.29 is 12.8 Å². The zero-order chi connectivity index (χ0) is 18.2. The highest BCUT2D eigenvalue weighted by atomic mass is 79.9. The normalized spacial score (nSPS) is 11.5. The topological polar surface area (TPSA) is 64.0 Å². The summed E-state index contributed by atoms with van der Waals surface area (Å²) in [4.78, 5) is 0.108. The van der Waals surface area contributed by atoms with Gasteiger partial charge in [0.15, 0.2) is 0 Å². The molecule has 0 saturated heterocycles. The van der Waals surface area contributed by atoms with E-state index in [1.807, 2.05) is 0 Å². The Morgan fingerprint density at radius 1 is 1.12 bits per heavy atom. The second kappa shape index (κ2) is 6.61. The third-order valence-electron chi connectivity index (χ3n) is 3.64. The van der Waals surface area contributed by atoms with Gasteiger partial charge < -0.3 is 0 Å². The predicted octanol–water partition coefficient (Wildman–Crippen LogP) is 4.19. The second-order valence-electron chi connectivity index (χ2n) is 5.50. The van der Waals surface area contributed by atoms with Crippen molar-refractivity contribution in [2.24, 2.45) is 0 Å². The first-order valence-electron chi connectivity index (χ1n) is 7.38. The minimum absolute atomic E-state index is 0.108. The van der Waals surface area contributed by atoms with Gasteiger partial charge in [0.25, 0.3) is 10.0 Å². The molecule has 130 valence electrons. The standard InChI is InChI=1S/C17H15BrFN3O2S/c1-11-17(25(23,24)21-15-5-3-4-13(18)10-15)12(2)22(20-11)16-8-6-14(19)7-9-16/h3-10,21H,1-2H3. The molecule has 0 radical (unpaired) electrons. The maximum absolute atomic E-state index is 13.1. The van der Waals surface area contributed by atoms with E-state index in [0.717, 1.165) is 4.47 Å². The van der Waals surface area contributed by atoms with E-state index in [-0.39, 0.29) is 10.7 Å². The van der Waals surface area contributed by atoms with Gasteiger partial charge in [0.2, 0.25) is 0 Å². The van der Waals surface area contributed by atoms with E-state index in [1.54, 1.807) is 50.2 Å². The highest BCUT2D eigenvalue weighted by Crippen LogP contribution is 2.26. The van der Waals surface area contributed by atoms with E-state index in [4.69, 9.17) is 0 Å². The quantitative estimate of drug-likeness (QED) is 0.683. The fraction of sp³-hybridized carbons (Fsp3) is 0.118. The Labute approximate surface area is 153 Å². The molecule has 0 amide bonds. The second-order valence-corrected chi connectivity index (χ2v) is 8.04. The van der Waals surface area contributed by atoms with E-state index in [9.17, 15) is 12.8 Å². The number of rotatable bonds is 4. The summed E-state index contributed by atoms with van der Waals surface area (Å²) < 4.78 is 43.6. The number of sulfonamides is 1. The Hall–Kier alpha value is -2.19. The van der Waals surface area contributed by atoms with Crippen molar-refractivity contribution >= 4 is 31.6 Å². The van der Waals surface area contributed by atoms with Crippen molar-refractivity contribution in [1.29, 1.82) is 0 Å². The van der Waals surface area contributed by atoms with Gasteiger partial charge in [0, 0.05) is 10.2 Å². The molecule has 25 heavy (non-hydrogen) atoms. The highest BCUT2D eigenvalue weighted by Gasteiger charge is 2.25. The van der Waals surface area contributed by atoms with E-state index in [2.05, 4.69) is 25.8 Å². The average molecular weight is 424 g/mol. The van der Waals surface area contributed by atoms with Crippen LogP contribution in [0.1, 0.15) is 11.4 Å². The molecule has 1 heterocycles. The average Bonchev–Trinajstić information content (AvgIpc) is 2.83. The zero-order valence-corrected chi connectivity index (χ0v) is 15.9. The third kappa shape index (κ3) is 3.59. The van der Waals surface area contributed by atoms with Gasteiger partial charge in [-0.25, -0.2) is 17.5 Å². The molecule has 8 heteroatoms. The predicted molar refractivity (Wildman–Crippen MR) is 97.9 cm³/mol. The van der Waals surface area contributed by atoms with Crippen LogP contribution in [0.5, 0.6) is 0 Å². The molecule has 1 aromatic heterocycles. The van der Waals surface area contributed by atoms with E-state index in [1.165, 1.54) is 16.8 Å². The van der Waals surface area contributed by atoms with Crippen LogP contribution in [-0.4, -0.2) is 18.2 Å². The summed E-state index contributed by atoms with van der Waals surface area (Å²) in [7, 11) is -3.82. The van der Waals surface area contributed by atoms with Crippen LogP contribution in [-0.2, 0) is 10.0 Å². The van der Waals surface area contributed by atoms with Crippen LogP contribution in [0.25, 0.3) is 5.69 Å². The van der Waals surface area contributed by atoms with Gasteiger partial charge in [0.05, 0.1) is 17.1 Å². The fourth-order valence-corrected chi connectivity index (χ4v) is 4.45. The van der Waals surface area contributed by atoms with Gasteiger partial charge in [0.1, 0.15) is 10.7 Å². The summed E-state index contributed by atoms with van der Waals surface area (Å²) in [5.41, 5.74) is 1.85. The number of hydrogen-bond donors (Lipinski definition) is 1. The van der Waals surface area contributed by atoms with Crippen molar-refractivity contribution in [2.75, 3.05) is 4.72 Å². The first-order chi connectivity index (χ1) is 11.8. The van der Waals surface area contributed by atoms with Crippen molar-refractivity contribution in [1.82, 2.24) is 9.78 Å². The first-order valence-corrected chi connectivity index (χ1v) is 9.66. The van der Waals surface area contributed by atoms with Crippen LogP contribution in [0.4, 0.5) is 10.1 Å². The molecule has 2 aromatic carbocycles. The lowest BCUT2D eigenvalue weighted by Gasteiger charge is -2.09. The molecule has 0 spiro atoms. The minimum Gasteiger partial charge on any atom is -0.279 e. The SMILES string of the molecule is Cc1nn(-c2ccc(F)cc2)c(C)c1S(=O)(=O)Nc1cccc(Br)c1. The van der Waals surface area contributed by atoms with Crippen LogP contribution in [0.3, 0.4) is 0 Å². The van der Waals surface area contributed by atoms with Gasteiger partial charge in [-0.1, -0.05) is 22.0 Å². The molecule has 0 saturated carbocycles. The minimum atomic E-state index is -3.82. The Bertz CT molecular complexity index is 1030. The molecule has 0 aliphatic heterocycles. The molecule has 1 N–H and O–H groups in total. The van der Waals surface area contributed by atoms with Crippen LogP contribution >= 0.6 is 15.9 Å². The lowest BCUT2D eigenvalue weighted by molar-refractivity contribution is 0.600. The van der Waals surface area contributed by atoms with Gasteiger partial charge in [-0.05, 0) is 56.3 Å². The molecular weight excluding hydrogens is 409 g/mol. The lowest BCUT2D eigenvalue weighted by Crippen LogP contribution is -2.15. The van der Waals surface area contributed by atoms with Crippen LogP contribution in [0.15, 0.2) is 57.9 Å². The monoisotopic (exact) mass is 423 g/mol. The fourth-order valence-electron chi connectivity index (χ4n) is 2.61. The summed E-state index contributed by atoms with van der Waals surface area (Å²) in [5.74, 6) is -0.366. The van der Waals surface area contributed by atoms with E-state index in [0.29, 0.717) is 22.8 Å². The highest BCUT2D eigenvalue weighted by molar-refractivity contribution is 9.10. The Balaban J connectivity index is 2.03. The van der Waals surface area contributed by atoms with Crippen molar-refractivity contribution in [3.8, 4) is 5.69 Å². The molecule has 0 aliphatic carbocycles. The molecule has 0 unspecified atom stereocenters. The Morgan fingerprint density at radius 2 is 1.80 bits per heavy atom. The summed E-state index contributed by atoms with van der Waals surface area (Å²) in [6.45, 7) is 3.29. The van der Waals surface area contributed by atoms with Crippen LogP contribution < -0.4 is 4.72 Å². The summed E-state index contributed by atoms with van der Waals surface area (Å²) in [6, 6.07) is 12.6. The smallest absolute Gasteiger partial charge is 0.265 e. The number of nitrogens with zero attached hydrogens (tertiary/aromatic N) is 2. The van der Waals surface area contributed by atoms with Gasteiger partial charge in [-0.2, -0.15) is 5.10 Å². The first kappa shape index (κ1) is 17.6. The van der Waals surface area contributed by atoms with Gasteiger partial charge in [-0.3, -0.25) is 4.72 Å².